The molecule has 5 nitrogen and oxygen atoms in total. The molecule has 0 radical (unpaired) electrons. The van der Waals surface area contributed by atoms with Gasteiger partial charge in [0.15, 0.2) is 22.8 Å². The van der Waals surface area contributed by atoms with Crippen LogP contribution in [0.25, 0.3) is 22.4 Å². The molecule has 3 aromatic carbocycles. The molecule has 5 heteroatoms. The van der Waals surface area contributed by atoms with Gasteiger partial charge in [0.25, 0.3) is 0 Å². The van der Waals surface area contributed by atoms with Crippen molar-refractivity contribution in [3.8, 4) is 5.69 Å². The third-order valence-electron chi connectivity index (χ3n) is 6.22. The summed E-state index contributed by atoms with van der Waals surface area (Å²) in [6, 6.07) is 27.2. The first-order valence-corrected chi connectivity index (χ1v) is 12.0. The summed E-state index contributed by atoms with van der Waals surface area (Å²) in [5.74, 6) is 1.43. The molecule has 0 fully saturated rings. The number of nitrogens with zero attached hydrogens (tertiary/aromatic N) is 4. The van der Waals surface area contributed by atoms with Crippen molar-refractivity contribution in [2.24, 2.45) is 0 Å². The number of rotatable bonds is 7. The molecule has 174 valence electrons. The minimum absolute atomic E-state index is 0.685. The van der Waals surface area contributed by atoms with Crippen molar-refractivity contribution < 1.29 is 0 Å². The molecule has 5 aromatic rings. The van der Waals surface area contributed by atoms with E-state index in [1.807, 2.05) is 36.0 Å². The van der Waals surface area contributed by atoms with Crippen molar-refractivity contribution in [3.63, 3.8) is 0 Å². The maximum absolute atomic E-state index is 5.02. The van der Waals surface area contributed by atoms with E-state index in [9.17, 15) is 0 Å². The molecular formula is C30H29N5. The van der Waals surface area contributed by atoms with Crippen molar-refractivity contribution in [3.05, 3.63) is 119 Å². The topological polar surface area (TPSA) is 55.6 Å². The maximum Gasteiger partial charge on any atom is 0.170 e. The summed E-state index contributed by atoms with van der Waals surface area (Å²) in [6.07, 6.45) is 4.81. The van der Waals surface area contributed by atoms with Crippen molar-refractivity contribution >= 4 is 22.6 Å². The van der Waals surface area contributed by atoms with Gasteiger partial charge in [0.2, 0.25) is 0 Å². The quantitative estimate of drug-likeness (QED) is 0.300. The second-order valence-electron chi connectivity index (χ2n) is 8.70. The van der Waals surface area contributed by atoms with Gasteiger partial charge in [0, 0.05) is 17.8 Å². The van der Waals surface area contributed by atoms with E-state index in [1.165, 1.54) is 16.7 Å². The Morgan fingerprint density at radius 3 is 2.37 bits per heavy atom. The highest BCUT2D eigenvalue weighted by atomic mass is 15.2. The predicted octanol–water partition coefficient (Wildman–Crippen LogP) is 6.54. The van der Waals surface area contributed by atoms with Crippen LogP contribution >= 0.6 is 0 Å². The Morgan fingerprint density at radius 2 is 1.63 bits per heavy atom. The Hall–Kier alpha value is -4.25. The van der Waals surface area contributed by atoms with Crippen LogP contribution in [-0.2, 0) is 6.42 Å². The molecule has 0 aliphatic heterocycles. The number of aromatic nitrogens is 4. The Bertz CT molecular complexity index is 1480. The molecule has 0 amide bonds. The second-order valence-corrected chi connectivity index (χ2v) is 8.70. The summed E-state index contributed by atoms with van der Waals surface area (Å²) in [6.45, 7) is 7.01. The molecule has 0 atom stereocenters. The highest BCUT2D eigenvalue weighted by Crippen LogP contribution is 2.28. The van der Waals surface area contributed by atoms with E-state index in [2.05, 4.69) is 85.9 Å². The molecule has 1 N–H and O–H groups in total. The molecule has 0 aliphatic carbocycles. The fourth-order valence-corrected chi connectivity index (χ4v) is 4.28. The van der Waals surface area contributed by atoms with Crippen LogP contribution in [0, 0.1) is 13.8 Å². The SMILES string of the molecule is C/C=C(/c1nc(NCCc2ccc(C)cc2)c2ncn(-c3ccccc3)c2n1)c1ccccc1C. The fourth-order valence-electron chi connectivity index (χ4n) is 4.28. The Morgan fingerprint density at radius 1 is 0.886 bits per heavy atom. The van der Waals surface area contributed by atoms with Crippen LogP contribution in [-0.4, -0.2) is 26.1 Å². The van der Waals surface area contributed by atoms with Crippen LogP contribution in [0.15, 0.2) is 91.3 Å². The molecule has 0 saturated carbocycles. The number of hydrogen-bond acceptors (Lipinski definition) is 4. The van der Waals surface area contributed by atoms with Gasteiger partial charge in [-0.3, -0.25) is 4.57 Å². The van der Waals surface area contributed by atoms with Crippen LogP contribution in [0.5, 0.6) is 0 Å². The first-order chi connectivity index (χ1) is 17.1. The average Bonchev–Trinajstić information content (AvgIpc) is 3.32. The van der Waals surface area contributed by atoms with Gasteiger partial charge in [-0.25, -0.2) is 15.0 Å². The summed E-state index contributed by atoms with van der Waals surface area (Å²) in [5.41, 5.74) is 8.45. The number of anilines is 1. The van der Waals surface area contributed by atoms with Crippen LogP contribution in [0.2, 0.25) is 0 Å². The summed E-state index contributed by atoms with van der Waals surface area (Å²) in [7, 11) is 0. The van der Waals surface area contributed by atoms with Gasteiger partial charge >= 0.3 is 0 Å². The molecule has 0 aliphatic rings. The first kappa shape index (κ1) is 22.5. The van der Waals surface area contributed by atoms with E-state index in [0.717, 1.165) is 46.8 Å². The molecular weight excluding hydrogens is 430 g/mol. The number of hydrogen-bond donors (Lipinski definition) is 1. The minimum Gasteiger partial charge on any atom is -0.368 e. The lowest BCUT2D eigenvalue weighted by Crippen LogP contribution is -2.10. The van der Waals surface area contributed by atoms with Crippen LogP contribution in [0.3, 0.4) is 0 Å². The zero-order valence-corrected chi connectivity index (χ0v) is 20.4. The van der Waals surface area contributed by atoms with Gasteiger partial charge in [0.1, 0.15) is 6.33 Å². The lowest BCUT2D eigenvalue weighted by Gasteiger charge is -2.13. The largest absolute Gasteiger partial charge is 0.368 e. The number of para-hydroxylation sites is 1. The lowest BCUT2D eigenvalue weighted by atomic mass is 10.00. The summed E-state index contributed by atoms with van der Waals surface area (Å²) in [4.78, 5) is 14.7. The lowest BCUT2D eigenvalue weighted by molar-refractivity contribution is 0.996. The van der Waals surface area contributed by atoms with Gasteiger partial charge in [-0.05, 0) is 56.0 Å². The summed E-state index contributed by atoms with van der Waals surface area (Å²) in [5, 5.41) is 3.55. The number of benzene rings is 3. The maximum atomic E-state index is 5.02. The summed E-state index contributed by atoms with van der Waals surface area (Å²) < 4.78 is 2.02. The Balaban J connectivity index is 1.57. The van der Waals surface area contributed by atoms with Gasteiger partial charge in [-0.15, -0.1) is 0 Å². The number of imidazole rings is 1. The zero-order chi connectivity index (χ0) is 24.2. The first-order valence-electron chi connectivity index (χ1n) is 12.0. The van der Waals surface area contributed by atoms with Crippen LogP contribution in [0.1, 0.15) is 35.0 Å². The molecule has 0 unspecified atom stereocenters. The number of fused-ring (bicyclic) bond motifs is 1. The van der Waals surface area contributed by atoms with Crippen molar-refractivity contribution in [2.75, 3.05) is 11.9 Å². The monoisotopic (exact) mass is 459 g/mol. The molecule has 2 aromatic heterocycles. The normalized spacial score (nSPS) is 11.7. The highest BCUT2D eigenvalue weighted by molar-refractivity contribution is 5.88. The molecule has 5 rings (SSSR count). The highest BCUT2D eigenvalue weighted by Gasteiger charge is 2.18. The minimum atomic E-state index is 0.685. The third-order valence-corrected chi connectivity index (χ3v) is 6.22. The van der Waals surface area contributed by atoms with E-state index in [-0.39, 0.29) is 0 Å². The smallest absolute Gasteiger partial charge is 0.170 e. The van der Waals surface area contributed by atoms with Gasteiger partial charge in [-0.2, -0.15) is 0 Å². The fraction of sp³-hybridized carbons (Fsp3) is 0.167. The van der Waals surface area contributed by atoms with Gasteiger partial charge < -0.3 is 5.32 Å². The standard InChI is InChI=1S/C30H29N5/c1-4-25(26-13-9-8-10-22(26)3)28-33-29(31-19-18-23-16-14-21(2)15-17-23)27-30(34-28)35(20-32-27)24-11-6-5-7-12-24/h4-17,20H,18-19H2,1-3H3,(H,31,33,34)/b25-4+. The van der Waals surface area contributed by atoms with Crippen LogP contribution in [0.4, 0.5) is 5.82 Å². The predicted molar refractivity (Wildman–Crippen MR) is 144 cm³/mol. The zero-order valence-electron chi connectivity index (χ0n) is 20.4. The molecule has 0 saturated heterocycles. The van der Waals surface area contributed by atoms with E-state index >= 15 is 0 Å². The molecule has 2 heterocycles. The van der Waals surface area contributed by atoms with Crippen molar-refractivity contribution in [2.45, 2.75) is 27.2 Å². The van der Waals surface area contributed by atoms with E-state index < -0.39 is 0 Å². The van der Waals surface area contributed by atoms with E-state index in [1.54, 1.807) is 0 Å². The molecule has 35 heavy (non-hydrogen) atoms. The molecule has 0 spiro atoms. The number of nitrogens with one attached hydrogen (secondary N) is 1. The van der Waals surface area contributed by atoms with Crippen molar-refractivity contribution in [1.82, 2.24) is 19.5 Å². The molecule has 0 bridgehead atoms. The van der Waals surface area contributed by atoms with E-state index in [4.69, 9.17) is 15.0 Å². The second kappa shape index (κ2) is 9.94. The number of allylic oxidation sites excluding steroid dienone is 1. The van der Waals surface area contributed by atoms with Gasteiger partial charge in [-0.1, -0.05) is 78.4 Å². The Labute approximate surface area is 206 Å². The number of aryl methyl sites for hydroxylation is 2. The third kappa shape index (κ3) is 4.71. The van der Waals surface area contributed by atoms with Crippen molar-refractivity contribution in [1.29, 1.82) is 0 Å². The Kier molecular flexibility index (Phi) is 6.40. The average molecular weight is 460 g/mol. The van der Waals surface area contributed by atoms with Crippen LogP contribution < -0.4 is 5.32 Å². The summed E-state index contributed by atoms with van der Waals surface area (Å²) >= 11 is 0. The van der Waals surface area contributed by atoms with E-state index in [0.29, 0.717) is 5.82 Å². The van der Waals surface area contributed by atoms with Gasteiger partial charge in [0.05, 0.1) is 0 Å².